The van der Waals surface area contributed by atoms with E-state index in [0.29, 0.717) is 11.8 Å². The molecule has 2 atom stereocenters. The Morgan fingerprint density at radius 3 is 1.83 bits per heavy atom. The van der Waals surface area contributed by atoms with Crippen LogP contribution in [0.2, 0.25) is 0 Å². The van der Waals surface area contributed by atoms with Gasteiger partial charge >= 0.3 is 0 Å². The quantitative estimate of drug-likeness (QED) is 0.527. The minimum atomic E-state index is 0.524. The Morgan fingerprint density at radius 2 is 1.42 bits per heavy atom. The third-order valence-corrected chi connectivity index (χ3v) is 6.07. The van der Waals surface area contributed by atoms with Gasteiger partial charge in [-0.25, -0.2) is 0 Å². The number of hydrogen-bond acceptors (Lipinski definition) is 2. The lowest BCUT2D eigenvalue weighted by Gasteiger charge is -2.23. The van der Waals surface area contributed by atoms with E-state index in [2.05, 4.69) is 71.0 Å². The molecule has 2 rings (SSSR count). The van der Waals surface area contributed by atoms with Gasteiger partial charge < -0.3 is 4.74 Å². The van der Waals surface area contributed by atoms with Gasteiger partial charge in [0.05, 0.1) is 7.11 Å². The number of hydrogen-bond donors (Lipinski definition) is 0. The molecular formula is C22H30OS. The average molecular weight is 343 g/mol. The van der Waals surface area contributed by atoms with Gasteiger partial charge in [-0.2, -0.15) is 0 Å². The molecule has 0 spiro atoms. The Bertz CT molecular complexity index is 629. The molecule has 130 valence electrons. The largest absolute Gasteiger partial charge is 0.497 e. The summed E-state index contributed by atoms with van der Waals surface area (Å²) in [7, 11) is 1.77. The van der Waals surface area contributed by atoms with Gasteiger partial charge in [-0.15, -0.1) is 0 Å². The zero-order valence-corrected chi connectivity index (χ0v) is 16.7. The lowest BCUT2D eigenvalue weighted by molar-refractivity contribution is 0.412. The Morgan fingerprint density at radius 1 is 0.917 bits per heavy atom. The van der Waals surface area contributed by atoms with E-state index in [1.807, 2.05) is 11.8 Å². The van der Waals surface area contributed by atoms with E-state index in [1.165, 1.54) is 26.5 Å². The van der Waals surface area contributed by atoms with Gasteiger partial charge in [-0.05, 0) is 67.0 Å². The van der Waals surface area contributed by atoms with E-state index in [9.17, 15) is 0 Å². The van der Waals surface area contributed by atoms with Crippen molar-refractivity contribution < 1.29 is 4.74 Å². The predicted octanol–water partition coefficient (Wildman–Crippen LogP) is 7.18. The van der Waals surface area contributed by atoms with Crippen LogP contribution >= 0.6 is 11.8 Å². The van der Waals surface area contributed by atoms with E-state index >= 15 is 0 Å². The van der Waals surface area contributed by atoms with Crippen molar-refractivity contribution in [3.8, 4) is 5.75 Å². The normalized spacial score (nSPS) is 13.6. The molecule has 2 heteroatoms. The molecule has 0 radical (unpaired) electrons. The summed E-state index contributed by atoms with van der Waals surface area (Å²) < 4.78 is 5.60. The average Bonchev–Trinajstić information content (AvgIpc) is 2.62. The van der Waals surface area contributed by atoms with Crippen LogP contribution in [0.1, 0.15) is 69.1 Å². The minimum Gasteiger partial charge on any atom is -0.497 e. The molecule has 2 unspecified atom stereocenters. The van der Waals surface area contributed by atoms with Gasteiger partial charge in [-0.3, -0.25) is 0 Å². The molecule has 0 saturated heterocycles. The van der Waals surface area contributed by atoms with Gasteiger partial charge in [-0.1, -0.05) is 57.2 Å². The highest BCUT2D eigenvalue weighted by Gasteiger charge is 2.19. The van der Waals surface area contributed by atoms with E-state index < -0.39 is 0 Å². The fraction of sp³-hybridized carbons (Fsp3) is 0.455. The summed E-state index contributed by atoms with van der Waals surface area (Å²) in [6.07, 6.45) is 2.27. The topological polar surface area (TPSA) is 9.23 Å². The monoisotopic (exact) mass is 342 g/mol. The van der Waals surface area contributed by atoms with Gasteiger partial charge in [0.2, 0.25) is 0 Å². The minimum absolute atomic E-state index is 0.524. The molecule has 0 aromatic heterocycles. The third-order valence-electron chi connectivity index (χ3n) is 4.88. The summed E-state index contributed by atoms with van der Waals surface area (Å²) in [6, 6.07) is 13.3. The second kappa shape index (κ2) is 8.62. The van der Waals surface area contributed by atoms with Crippen LogP contribution in [-0.2, 0) is 0 Å². The molecule has 0 N–H and O–H groups in total. The summed E-state index contributed by atoms with van der Waals surface area (Å²) in [5.41, 5.74) is 4.13. The van der Waals surface area contributed by atoms with Crippen LogP contribution in [0.4, 0.5) is 0 Å². The van der Waals surface area contributed by atoms with Gasteiger partial charge in [0.1, 0.15) is 5.75 Å². The van der Waals surface area contributed by atoms with Crippen LogP contribution in [0.5, 0.6) is 5.75 Å². The van der Waals surface area contributed by atoms with Crippen LogP contribution in [0.15, 0.2) is 46.2 Å². The van der Waals surface area contributed by atoms with Crippen molar-refractivity contribution in [2.75, 3.05) is 7.11 Å². The molecule has 2 aromatic carbocycles. The Labute approximate surface area is 151 Å². The SMILES string of the molecule is CCC(C)c1cc(OC)cc(C(C)CC)c1Sc1ccc(C)cc1. The first kappa shape index (κ1) is 18.9. The molecular weight excluding hydrogens is 312 g/mol. The van der Waals surface area contributed by atoms with Crippen LogP contribution in [0.25, 0.3) is 0 Å². The van der Waals surface area contributed by atoms with Crippen molar-refractivity contribution in [2.45, 2.75) is 69.1 Å². The highest BCUT2D eigenvalue weighted by atomic mass is 32.2. The van der Waals surface area contributed by atoms with E-state index in [1.54, 1.807) is 7.11 Å². The maximum atomic E-state index is 5.60. The first-order valence-corrected chi connectivity index (χ1v) is 9.78. The van der Waals surface area contributed by atoms with Crippen LogP contribution < -0.4 is 4.74 Å². The maximum Gasteiger partial charge on any atom is 0.119 e. The third kappa shape index (κ3) is 4.36. The second-order valence-electron chi connectivity index (χ2n) is 6.67. The van der Waals surface area contributed by atoms with Gasteiger partial charge in [0, 0.05) is 9.79 Å². The summed E-state index contributed by atoms with van der Waals surface area (Å²) in [5, 5.41) is 0. The molecule has 2 aromatic rings. The molecule has 0 bridgehead atoms. The number of aryl methyl sites for hydroxylation is 1. The van der Waals surface area contributed by atoms with E-state index in [4.69, 9.17) is 4.74 Å². The van der Waals surface area contributed by atoms with Crippen molar-refractivity contribution in [1.82, 2.24) is 0 Å². The highest BCUT2D eigenvalue weighted by molar-refractivity contribution is 7.99. The number of ether oxygens (including phenoxy) is 1. The summed E-state index contributed by atoms with van der Waals surface area (Å²) >= 11 is 1.90. The van der Waals surface area contributed by atoms with Crippen LogP contribution in [-0.4, -0.2) is 7.11 Å². The van der Waals surface area contributed by atoms with Gasteiger partial charge in [0.25, 0.3) is 0 Å². The Hall–Kier alpha value is -1.41. The standard InChI is InChI=1S/C22H30OS/c1-7-16(4)20-13-18(23-6)14-21(17(5)8-2)22(20)24-19-11-9-15(3)10-12-19/h9-14,16-17H,7-8H2,1-6H3. The van der Waals surface area contributed by atoms with Crippen LogP contribution in [0.3, 0.4) is 0 Å². The molecule has 0 aliphatic carbocycles. The Balaban J connectivity index is 2.57. The second-order valence-corrected chi connectivity index (χ2v) is 7.75. The van der Waals surface area contributed by atoms with Crippen molar-refractivity contribution in [3.63, 3.8) is 0 Å². The highest BCUT2D eigenvalue weighted by Crippen LogP contribution is 2.43. The Kier molecular flexibility index (Phi) is 6.79. The van der Waals surface area contributed by atoms with Crippen molar-refractivity contribution in [1.29, 1.82) is 0 Å². The maximum absolute atomic E-state index is 5.60. The molecule has 0 fully saturated rings. The smallest absolute Gasteiger partial charge is 0.119 e. The lowest BCUT2D eigenvalue weighted by Crippen LogP contribution is -2.03. The predicted molar refractivity (Wildman–Crippen MR) is 106 cm³/mol. The fourth-order valence-corrected chi connectivity index (χ4v) is 4.04. The van der Waals surface area contributed by atoms with Gasteiger partial charge in [0.15, 0.2) is 0 Å². The molecule has 0 aliphatic heterocycles. The zero-order chi connectivity index (χ0) is 17.7. The summed E-state index contributed by atoms with van der Waals surface area (Å²) in [4.78, 5) is 2.73. The fourth-order valence-electron chi connectivity index (χ4n) is 2.78. The first-order valence-electron chi connectivity index (χ1n) is 8.96. The molecule has 0 amide bonds. The number of methoxy groups -OCH3 is 1. The van der Waals surface area contributed by atoms with Crippen molar-refractivity contribution in [3.05, 3.63) is 53.1 Å². The number of benzene rings is 2. The van der Waals surface area contributed by atoms with E-state index in [-0.39, 0.29) is 0 Å². The molecule has 0 heterocycles. The molecule has 0 aliphatic rings. The van der Waals surface area contributed by atoms with Crippen LogP contribution in [0, 0.1) is 6.92 Å². The molecule has 24 heavy (non-hydrogen) atoms. The molecule has 1 nitrogen and oxygen atoms in total. The number of rotatable bonds is 7. The lowest BCUT2D eigenvalue weighted by atomic mass is 9.91. The molecule has 0 saturated carbocycles. The van der Waals surface area contributed by atoms with E-state index in [0.717, 1.165) is 18.6 Å². The zero-order valence-electron chi connectivity index (χ0n) is 15.8. The van der Waals surface area contributed by atoms with Crippen molar-refractivity contribution in [2.24, 2.45) is 0 Å². The first-order chi connectivity index (χ1) is 11.5. The van der Waals surface area contributed by atoms with Crippen molar-refractivity contribution >= 4 is 11.8 Å². The summed E-state index contributed by atoms with van der Waals surface area (Å²) in [5.74, 6) is 2.03. The summed E-state index contributed by atoms with van der Waals surface area (Å²) in [6.45, 7) is 11.3.